The van der Waals surface area contributed by atoms with Crippen molar-refractivity contribution in [1.82, 2.24) is 0 Å². The lowest BCUT2D eigenvalue weighted by molar-refractivity contribution is -0.122. The summed E-state index contributed by atoms with van der Waals surface area (Å²) in [4.78, 5) is 24.4. The van der Waals surface area contributed by atoms with Crippen LogP contribution in [0.1, 0.15) is 35.3 Å². The smallest absolute Gasteiger partial charge is 0.340 e. The van der Waals surface area contributed by atoms with Gasteiger partial charge in [-0.2, -0.15) is 0 Å². The minimum atomic E-state index is -0.712. The number of benzene rings is 2. The van der Waals surface area contributed by atoms with Gasteiger partial charge in [0.25, 0.3) is 5.91 Å². The van der Waals surface area contributed by atoms with Gasteiger partial charge in [0.05, 0.1) is 17.9 Å². The van der Waals surface area contributed by atoms with E-state index < -0.39 is 12.1 Å². The number of para-hydroxylation sites is 1. The van der Waals surface area contributed by atoms with Crippen molar-refractivity contribution in [3.8, 4) is 5.75 Å². The van der Waals surface area contributed by atoms with Gasteiger partial charge < -0.3 is 14.8 Å². The van der Waals surface area contributed by atoms with Crippen LogP contribution in [-0.2, 0) is 9.53 Å². The number of hydrogen-bond acceptors (Lipinski definition) is 4. The van der Waals surface area contributed by atoms with Gasteiger partial charge in [0.1, 0.15) is 5.75 Å². The molecule has 0 aromatic heterocycles. The molecule has 5 nitrogen and oxygen atoms in total. The molecule has 0 spiro atoms. The quantitative estimate of drug-likeness (QED) is 0.810. The maximum absolute atomic E-state index is 12.5. The number of aryl methyl sites for hydroxylation is 1. The predicted molar refractivity (Wildman–Crippen MR) is 97.0 cm³/mol. The van der Waals surface area contributed by atoms with Crippen molar-refractivity contribution in [1.29, 1.82) is 0 Å². The Morgan fingerprint density at radius 2 is 1.80 bits per heavy atom. The summed E-state index contributed by atoms with van der Waals surface area (Å²) in [5, 5.41) is 2.74. The van der Waals surface area contributed by atoms with E-state index in [1.807, 2.05) is 32.0 Å². The van der Waals surface area contributed by atoms with Gasteiger partial charge in [-0.1, -0.05) is 24.3 Å². The summed E-state index contributed by atoms with van der Waals surface area (Å²) in [6.07, 6.45) is -0.712. The first-order chi connectivity index (χ1) is 11.9. The molecule has 1 N–H and O–H groups in total. The number of rotatable bonds is 6. The predicted octanol–water partition coefficient (Wildman–Crippen LogP) is 3.89. The number of carbonyl (C=O) groups is 2. The Balaban J connectivity index is 2.12. The molecule has 0 unspecified atom stereocenters. The standard InChI is InChI=1S/C20H23NO4/c1-5-24-20(23)16-10-6-7-11-17(16)21-19(22)15(4)25-18-12-8-9-13(2)14(18)3/h6-12,15H,5H2,1-4H3,(H,21,22)/t15-/m0/s1. The number of anilines is 1. The average molecular weight is 341 g/mol. The second-order valence-electron chi connectivity index (χ2n) is 5.71. The molecular weight excluding hydrogens is 318 g/mol. The second kappa shape index (κ2) is 8.33. The number of amides is 1. The fraction of sp³-hybridized carbons (Fsp3) is 0.300. The van der Waals surface area contributed by atoms with Crippen LogP contribution >= 0.6 is 0 Å². The fourth-order valence-corrected chi connectivity index (χ4v) is 2.31. The highest BCUT2D eigenvalue weighted by Gasteiger charge is 2.19. The lowest BCUT2D eigenvalue weighted by atomic mass is 10.1. The van der Waals surface area contributed by atoms with Crippen LogP contribution in [-0.4, -0.2) is 24.6 Å². The molecule has 25 heavy (non-hydrogen) atoms. The summed E-state index contributed by atoms with van der Waals surface area (Å²) in [5.41, 5.74) is 2.81. The van der Waals surface area contributed by atoms with Crippen molar-refractivity contribution >= 4 is 17.6 Å². The van der Waals surface area contributed by atoms with Gasteiger partial charge in [0.2, 0.25) is 0 Å². The van der Waals surface area contributed by atoms with Crippen LogP contribution in [0.25, 0.3) is 0 Å². The van der Waals surface area contributed by atoms with Gasteiger partial charge in [-0.15, -0.1) is 0 Å². The highest BCUT2D eigenvalue weighted by molar-refractivity contribution is 6.02. The molecule has 2 aromatic rings. The fourth-order valence-electron chi connectivity index (χ4n) is 2.31. The lowest BCUT2D eigenvalue weighted by Gasteiger charge is -2.18. The van der Waals surface area contributed by atoms with Crippen LogP contribution < -0.4 is 10.1 Å². The molecule has 0 aliphatic heterocycles. The van der Waals surface area contributed by atoms with E-state index in [0.717, 1.165) is 11.1 Å². The average Bonchev–Trinajstić information content (AvgIpc) is 2.59. The molecule has 0 saturated carbocycles. The molecule has 132 valence electrons. The number of nitrogens with one attached hydrogen (secondary N) is 1. The van der Waals surface area contributed by atoms with E-state index in [1.165, 1.54) is 0 Å². The van der Waals surface area contributed by atoms with Crippen molar-refractivity contribution in [2.45, 2.75) is 33.8 Å². The summed E-state index contributed by atoms with van der Waals surface area (Å²) in [7, 11) is 0. The number of ether oxygens (including phenoxy) is 2. The van der Waals surface area contributed by atoms with Gasteiger partial charge in [0.15, 0.2) is 6.10 Å². The molecule has 0 saturated heterocycles. The Kier molecular flexibility index (Phi) is 6.17. The van der Waals surface area contributed by atoms with Gasteiger partial charge in [-0.05, 0) is 57.0 Å². The van der Waals surface area contributed by atoms with Crippen LogP contribution in [0.3, 0.4) is 0 Å². The number of hydrogen-bond donors (Lipinski definition) is 1. The highest BCUT2D eigenvalue weighted by atomic mass is 16.5. The maximum atomic E-state index is 12.5. The lowest BCUT2D eigenvalue weighted by Crippen LogP contribution is -2.31. The topological polar surface area (TPSA) is 64.6 Å². The zero-order valence-corrected chi connectivity index (χ0v) is 15.0. The Morgan fingerprint density at radius 1 is 1.08 bits per heavy atom. The van der Waals surface area contributed by atoms with Gasteiger partial charge in [-0.25, -0.2) is 4.79 Å². The van der Waals surface area contributed by atoms with E-state index in [2.05, 4.69) is 5.32 Å². The van der Waals surface area contributed by atoms with Crippen molar-refractivity contribution in [3.63, 3.8) is 0 Å². The number of carbonyl (C=O) groups excluding carboxylic acids is 2. The minimum Gasteiger partial charge on any atom is -0.481 e. The molecule has 0 aliphatic carbocycles. The van der Waals surface area contributed by atoms with Crippen molar-refractivity contribution in [2.24, 2.45) is 0 Å². The van der Waals surface area contributed by atoms with E-state index in [1.54, 1.807) is 38.1 Å². The molecule has 0 radical (unpaired) electrons. The van der Waals surface area contributed by atoms with Gasteiger partial charge in [-0.3, -0.25) is 4.79 Å². The number of esters is 1. The Hall–Kier alpha value is -2.82. The first kappa shape index (κ1) is 18.5. The molecular formula is C20H23NO4. The molecule has 2 rings (SSSR count). The summed E-state index contributed by atoms with van der Waals surface area (Å²) in [6.45, 7) is 7.62. The molecule has 1 amide bonds. The summed E-state index contributed by atoms with van der Waals surface area (Å²) < 4.78 is 10.8. The zero-order valence-electron chi connectivity index (χ0n) is 15.0. The molecule has 0 fully saturated rings. The zero-order chi connectivity index (χ0) is 18.4. The monoisotopic (exact) mass is 341 g/mol. The van der Waals surface area contributed by atoms with Crippen molar-refractivity contribution < 1.29 is 19.1 Å². The summed E-state index contributed by atoms with van der Waals surface area (Å²) in [6, 6.07) is 12.4. The molecule has 0 aliphatic rings. The van der Waals surface area contributed by atoms with E-state index in [0.29, 0.717) is 17.0 Å². The minimum absolute atomic E-state index is 0.271. The van der Waals surface area contributed by atoms with E-state index in [4.69, 9.17) is 9.47 Å². The normalized spacial score (nSPS) is 11.5. The molecule has 0 bridgehead atoms. The molecule has 2 aromatic carbocycles. The highest BCUT2D eigenvalue weighted by Crippen LogP contribution is 2.22. The van der Waals surface area contributed by atoms with Gasteiger partial charge >= 0.3 is 5.97 Å². The Morgan fingerprint density at radius 3 is 2.52 bits per heavy atom. The van der Waals surface area contributed by atoms with Crippen molar-refractivity contribution in [2.75, 3.05) is 11.9 Å². The van der Waals surface area contributed by atoms with E-state index in [-0.39, 0.29) is 12.5 Å². The first-order valence-corrected chi connectivity index (χ1v) is 8.24. The summed E-state index contributed by atoms with van der Waals surface area (Å²) >= 11 is 0. The first-order valence-electron chi connectivity index (χ1n) is 8.24. The molecule has 1 atom stereocenters. The van der Waals surface area contributed by atoms with Crippen LogP contribution in [0.4, 0.5) is 5.69 Å². The van der Waals surface area contributed by atoms with Crippen LogP contribution in [0.5, 0.6) is 5.75 Å². The summed E-state index contributed by atoms with van der Waals surface area (Å²) in [5.74, 6) is -0.138. The molecule has 0 heterocycles. The molecule has 5 heteroatoms. The maximum Gasteiger partial charge on any atom is 0.340 e. The largest absolute Gasteiger partial charge is 0.481 e. The Bertz CT molecular complexity index is 770. The third-order valence-electron chi connectivity index (χ3n) is 3.91. The van der Waals surface area contributed by atoms with E-state index in [9.17, 15) is 9.59 Å². The van der Waals surface area contributed by atoms with Crippen LogP contribution in [0.2, 0.25) is 0 Å². The third kappa shape index (κ3) is 4.59. The van der Waals surface area contributed by atoms with Gasteiger partial charge in [0, 0.05) is 0 Å². The van der Waals surface area contributed by atoms with Crippen molar-refractivity contribution in [3.05, 3.63) is 59.2 Å². The second-order valence-corrected chi connectivity index (χ2v) is 5.71. The Labute approximate surface area is 148 Å². The van der Waals surface area contributed by atoms with Crippen LogP contribution in [0.15, 0.2) is 42.5 Å². The SMILES string of the molecule is CCOC(=O)c1ccccc1NC(=O)[C@H](C)Oc1cccc(C)c1C. The van der Waals surface area contributed by atoms with E-state index >= 15 is 0 Å². The third-order valence-corrected chi connectivity index (χ3v) is 3.91. The van der Waals surface area contributed by atoms with Crippen LogP contribution in [0, 0.1) is 13.8 Å².